The molecule has 0 atom stereocenters. The molecule has 0 fully saturated rings. The van der Waals surface area contributed by atoms with Gasteiger partial charge in [-0.1, -0.05) is 23.7 Å². The molecule has 0 unspecified atom stereocenters. The van der Waals surface area contributed by atoms with Crippen LogP contribution in [0.3, 0.4) is 0 Å². The van der Waals surface area contributed by atoms with Crippen molar-refractivity contribution in [2.24, 2.45) is 0 Å². The molecule has 0 saturated carbocycles. The highest BCUT2D eigenvalue weighted by atomic mass is 35.5. The van der Waals surface area contributed by atoms with E-state index in [1.165, 1.54) is 24.3 Å². The SMILES string of the molecule is O=S(=O)(Nc1ccc(F)cc1OCCO)c1ccccc1Cl. The molecule has 118 valence electrons. The Hall–Kier alpha value is -1.83. The Morgan fingerprint density at radius 1 is 1.23 bits per heavy atom. The topological polar surface area (TPSA) is 75.6 Å². The second-order valence-electron chi connectivity index (χ2n) is 4.25. The zero-order valence-corrected chi connectivity index (χ0v) is 12.9. The Morgan fingerprint density at radius 2 is 1.95 bits per heavy atom. The number of benzene rings is 2. The standard InChI is InChI=1S/C14H13ClFNO4S/c15-11-3-1-2-4-14(11)22(19,20)17-12-6-5-10(16)9-13(12)21-8-7-18/h1-6,9,17-18H,7-8H2. The summed E-state index contributed by atoms with van der Waals surface area (Å²) < 4.78 is 45.4. The first-order valence-electron chi connectivity index (χ1n) is 6.24. The molecule has 0 aromatic heterocycles. The second-order valence-corrected chi connectivity index (χ2v) is 6.31. The number of hydrogen-bond donors (Lipinski definition) is 2. The molecule has 0 spiro atoms. The van der Waals surface area contributed by atoms with E-state index in [0.29, 0.717) is 0 Å². The van der Waals surface area contributed by atoms with Crippen molar-refractivity contribution < 1.29 is 22.7 Å². The molecule has 2 aromatic rings. The molecule has 0 bridgehead atoms. The molecule has 0 radical (unpaired) electrons. The summed E-state index contributed by atoms with van der Waals surface area (Å²) in [6, 6.07) is 9.29. The molecule has 2 N–H and O–H groups in total. The van der Waals surface area contributed by atoms with Crippen LogP contribution in [0.25, 0.3) is 0 Å². The van der Waals surface area contributed by atoms with Crippen molar-refractivity contribution in [1.82, 2.24) is 0 Å². The van der Waals surface area contributed by atoms with Crippen molar-refractivity contribution in [3.63, 3.8) is 0 Å². The highest BCUT2D eigenvalue weighted by molar-refractivity contribution is 7.92. The molecule has 0 heterocycles. The second kappa shape index (κ2) is 6.95. The van der Waals surface area contributed by atoms with Crippen LogP contribution in [0.4, 0.5) is 10.1 Å². The summed E-state index contributed by atoms with van der Waals surface area (Å²) in [6.45, 7) is -0.377. The predicted octanol–water partition coefficient (Wildman–Crippen LogP) is 2.65. The average molecular weight is 346 g/mol. The van der Waals surface area contributed by atoms with Gasteiger partial charge >= 0.3 is 0 Å². The first kappa shape index (κ1) is 16.5. The van der Waals surface area contributed by atoms with Crippen molar-refractivity contribution in [3.05, 3.63) is 53.3 Å². The lowest BCUT2D eigenvalue weighted by molar-refractivity contribution is 0.201. The van der Waals surface area contributed by atoms with Crippen LogP contribution in [0, 0.1) is 5.82 Å². The summed E-state index contributed by atoms with van der Waals surface area (Å²) in [5, 5.41) is 8.82. The Labute approximate surface area is 132 Å². The molecule has 0 saturated heterocycles. The lowest BCUT2D eigenvalue weighted by atomic mass is 10.3. The average Bonchev–Trinajstić information content (AvgIpc) is 2.47. The Kier molecular flexibility index (Phi) is 5.23. The van der Waals surface area contributed by atoms with Gasteiger partial charge in [-0.15, -0.1) is 0 Å². The molecule has 0 aliphatic carbocycles. The van der Waals surface area contributed by atoms with E-state index in [4.69, 9.17) is 21.4 Å². The van der Waals surface area contributed by atoms with Crippen LogP contribution >= 0.6 is 11.6 Å². The number of aliphatic hydroxyl groups excluding tert-OH is 1. The summed E-state index contributed by atoms with van der Waals surface area (Å²) >= 11 is 5.88. The van der Waals surface area contributed by atoms with Crippen molar-refractivity contribution in [2.75, 3.05) is 17.9 Å². The fourth-order valence-electron chi connectivity index (χ4n) is 1.72. The molecule has 2 aromatic carbocycles. The van der Waals surface area contributed by atoms with E-state index in [1.807, 2.05) is 0 Å². The van der Waals surface area contributed by atoms with Crippen LogP contribution in [0.1, 0.15) is 0 Å². The molecular formula is C14H13ClFNO4S. The third-order valence-electron chi connectivity index (χ3n) is 2.66. The first-order chi connectivity index (χ1) is 10.4. The summed E-state index contributed by atoms with van der Waals surface area (Å²) in [7, 11) is -3.95. The van der Waals surface area contributed by atoms with Gasteiger partial charge in [-0.25, -0.2) is 12.8 Å². The van der Waals surface area contributed by atoms with Crippen LogP contribution in [-0.4, -0.2) is 26.7 Å². The van der Waals surface area contributed by atoms with Gasteiger partial charge in [-0.3, -0.25) is 4.72 Å². The van der Waals surface area contributed by atoms with Gasteiger partial charge in [0.25, 0.3) is 10.0 Å². The maximum absolute atomic E-state index is 13.3. The highest BCUT2D eigenvalue weighted by Crippen LogP contribution is 2.29. The van der Waals surface area contributed by atoms with Gasteiger partial charge in [0.2, 0.25) is 0 Å². The van der Waals surface area contributed by atoms with Crippen LogP contribution < -0.4 is 9.46 Å². The number of ether oxygens (including phenoxy) is 1. The van der Waals surface area contributed by atoms with Gasteiger partial charge in [-0.05, 0) is 24.3 Å². The molecule has 2 rings (SSSR count). The van der Waals surface area contributed by atoms with Crippen molar-refractivity contribution in [1.29, 1.82) is 0 Å². The van der Waals surface area contributed by atoms with Gasteiger partial charge in [0.05, 0.1) is 17.3 Å². The fourth-order valence-corrected chi connectivity index (χ4v) is 3.31. The zero-order chi connectivity index (χ0) is 16.2. The number of halogens is 2. The number of hydrogen-bond acceptors (Lipinski definition) is 4. The Morgan fingerprint density at radius 3 is 2.64 bits per heavy atom. The molecular weight excluding hydrogens is 333 g/mol. The Balaban J connectivity index is 2.35. The minimum atomic E-state index is -3.95. The quantitative estimate of drug-likeness (QED) is 0.844. The van der Waals surface area contributed by atoms with E-state index >= 15 is 0 Å². The van der Waals surface area contributed by atoms with E-state index < -0.39 is 15.8 Å². The van der Waals surface area contributed by atoms with Crippen LogP contribution in [0.2, 0.25) is 5.02 Å². The van der Waals surface area contributed by atoms with Gasteiger partial charge in [0.1, 0.15) is 23.1 Å². The maximum atomic E-state index is 13.3. The number of sulfonamides is 1. The van der Waals surface area contributed by atoms with Gasteiger partial charge in [0.15, 0.2) is 0 Å². The molecule has 0 amide bonds. The van der Waals surface area contributed by atoms with Gasteiger partial charge in [0, 0.05) is 6.07 Å². The molecule has 0 aliphatic heterocycles. The van der Waals surface area contributed by atoms with Crippen molar-refractivity contribution in [3.8, 4) is 5.75 Å². The minimum absolute atomic E-state index is 0.0234. The normalized spacial score (nSPS) is 11.2. The number of nitrogens with one attached hydrogen (secondary N) is 1. The number of anilines is 1. The van der Waals surface area contributed by atoms with Gasteiger partial charge < -0.3 is 9.84 Å². The number of aliphatic hydroxyl groups is 1. The van der Waals surface area contributed by atoms with Crippen LogP contribution in [0.5, 0.6) is 5.75 Å². The van der Waals surface area contributed by atoms with Crippen molar-refractivity contribution in [2.45, 2.75) is 4.90 Å². The molecule has 0 aliphatic rings. The lowest BCUT2D eigenvalue weighted by Crippen LogP contribution is -2.15. The molecule has 22 heavy (non-hydrogen) atoms. The predicted molar refractivity (Wildman–Crippen MR) is 81.2 cm³/mol. The monoisotopic (exact) mass is 345 g/mol. The van der Waals surface area contributed by atoms with Crippen LogP contribution in [-0.2, 0) is 10.0 Å². The maximum Gasteiger partial charge on any atom is 0.263 e. The van der Waals surface area contributed by atoms with E-state index in [-0.39, 0.29) is 34.6 Å². The summed E-state index contributed by atoms with van der Waals surface area (Å²) in [5.74, 6) is -0.613. The third-order valence-corrected chi connectivity index (χ3v) is 4.53. The molecule has 5 nitrogen and oxygen atoms in total. The number of rotatable bonds is 6. The van der Waals surface area contributed by atoms with E-state index in [2.05, 4.69) is 4.72 Å². The summed E-state index contributed by atoms with van der Waals surface area (Å²) in [4.78, 5) is -0.103. The van der Waals surface area contributed by atoms with Crippen LogP contribution in [0.15, 0.2) is 47.4 Å². The molecule has 8 heteroatoms. The minimum Gasteiger partial charge on any atom is -0.489 e. The van der Waals surface area contributed by atoms with Gasteiger partial charge in [-0.2, -0.15) is 0 Å². The van der Waals surface area contributed by atoms with E-state index in [0.717, 1.165) is 12.1 Å². The fraction of sp³-hybridized carbons (Fsp3) is 0.143. The van der Waals surface area contributed by atoms with Crippen molar-refractivity contribution >= 4 is 27.3 Å². The largest absolute Gasteiger partial charge is 0.489 e. The highest BCUT2D eigenvalue weighted by Gasteiger charge is 2.19. The smallest absolute Gasteiger partial charge is 0.263 e. The Bertz CT molecular complexity index is 767. The first-order valence-corrected chi connectivity index (χ1v) is 8.11. The third kappa shape index (κ3) is 3.88. The lowest BCUT2D eigenvalue weighted by Gasteiger charge is -2.14. The summed E-state index contributed by atoms with van der Waals surface area (Å²) in [6.07, 6.45) is 0. The van der Waals surface area contributed by atoms with E-state index in [9.17, 15) is 12.8 Å². The summed E-state index contributed by atoms with van der Waals surface area (Å²) in [5.41, 5.74) is 0.0507. The zero-order valence-electron chi connectivity index (χ0n) is 11.3. The van der Waals surface area contributed by atoms with E-state index in [1.54, 1.807) is 6.07 Å².